The van der Waals surface area contributed by atoms with Crippen LogP contribution in [0.2, 0.25) is 10.0 Å². The summed E-state index contributed by atoms with van der Waals surface area (Å²) in [7, 11) is -3.59. The second kappa shape index (κ2) is 8.97. The highest BCUT2D eigenvalue weighted by molar-refractivity contribution is 7.91. The van der Waals surface area contributed by atoms with Gasteiger partial charge in [0.15, 0.2) is 0 Å². The molecule has 0 spiro atoms. The van der Waals surface area contributed by atoms with Crippen LogP contribution in [0.15, 0.2) is 45.5 Å². The molecule has 0 atom stereocenters. The number of halogens is 2. The third kappa shape index (κ3) is 4.88. The molecule has 8 nitrogen and oxygen atoms in total. The smallest absolute Gasteiger partial charge is 0.268 e. The summed E-state index contributed by atoms with van der Waals surface area (Å²) in [6, 6.07) is 9.99. The van der Waals surface area contributed by atoms with E-state index < -0.39 is 15.7 Å². The van der Waals surface area contributed by atoms with Crippen molar-refractivity contribution in [3.8, 4) is 17.4 Å². The van der Waals surface area contributed by atoms with E-state index in [0.29, 0.717) is 32.9 Å². The number of nitrogens with one attached hydrogen (secondary N) is 1. The van der Waals surface area contributed by atoms with Crippen LogP contribution in [0.1, 0.15) is 12.7 Å². The number of aromatic nitrogens is 2. The molecular weight excluding hydrogens is 471 g/mol. The lowest BCUT2D eigenvalue weighted by atomic mass is 10.2. The number of hydrogen-bond acceptors (Lipinski definition) is 8. The Balaban J connectivity index is 1.79. The van der Waals surface area contributed by atoms with Crippen LogP contribution in [0, 0.1) is 11.3 Å². The largest absolute Gasteiger partial charge is 0.457 e. The molecule has 0 aliphatic rings. The van der Waals surface area contributed by atoms with Crippen LogP contribution in [0.3, 0.4) is 0 Å². The van der Waals surface area contributed by atoms with Gasteiger partial charge in [-0.1, -0.05) is 30.1 Å². The van der Waals surface area contributed by atoms with E-state index >= 15 is 0 Å². The average molecular weight is 483 g/mol. The van der Waals surface area contributed by atoms with Gasteiger partial charge in [0.25, 0.3) is 11.1 Å². The van der Waals surface area contributed by atoms with Gasteiger partial charge in [-0.3, -0.25) is 10.1 Å². The monoisotopic (exact) mass is 482 g/mol. The highest BCUT2D eigenvalue weighted by Crippen LogP contribution is 2.30. The first-order valence-electron chi connectivity index (χ1n) is 8.28. The summed E-state index contributed by atoms with van der Waals surface area (Å²) in [6.07, 6.45) is 1.25. The van der Waals surface area contributed by atoms with Gasteiger partial charge >= 0.3 is 0 Å². The molecular formula is C18H12Cl2N4O4S2. The quantitative estimate of drug-likeness (QED) is 0.406. The number of anilines is 1. The molecule has 0 aliphatic carbocycles. The molecule has 30 heavy (non-hydrogen) atoms. The van der Waals surface area contributed by atoms with Crippen molar-refractivity contribution in [2.75, 3.05) is 11.1 Å². The molecule has 3 rings (SSSR count). The predicted octanol–water partition coefficient (Wildman–Crippen LogP) is 4.44. The van der Waals surface area contributed by atoms with E-state index in [1.165, 1.54) is 13.0 Å². The number of amides is 1. The first-order valence-corrected chi connectivity index (χ1v) is 11.5. The Morgan fingerprint density at radius 3 is 2.73 bits per heavy atom. The van der Waals surface area contributed by atoms with Crippen molar-refractivity contribution in [3.63, 3.8) is 0 Å². The second-order valence-electron chi connectivity index (χ2n) is 5.74. The van der Waals surface area contributed by atoms with Crippen molar-refractivity contribution in [1.82, 2.24) is 9.36 Å². The van der Waals surface area contributed by atoms with Crippen LogP contribution in [0.25, 0.3) is 17.4 Å². The Morgan fingerprint density at radius 2 is 2.07 bits per heavy atom. The van der Waals surface area contributed by atoms with Crippen molar-refractivity contribution >= 4 is 61.7 Å². The zero-order valence-electron chi connectivity index (χ0n) is 15.2. The minimum atomic E-state index is -3.59. The molecule has 2 aromatic heterocycles. The lowest BCUT2D eigenvalue weighted by molar-refractivity contribution is -0.112. The fourth-order valence-corrected chi connectivity index (χ4v) is 4.09. The van der Waals surface area contributed by atoms with Gasteiger partial charge in [-0.05, 0) is 30.3 Å². The van der Waals surface area contributed by atoms with Crippen molar-refractivity contribution in [1.29, 1.82) is 5.26 Å². The van der Waals surface area contributed by atoms with E-state index in [9.17, 15) is 18.5 Å². The number of rotatable bonds is 6. The molecule has 154 valence electrons. The molecule has 0 unspecified atom stereocenters. The number of furan rings is 1. The van der Waals surface area contributed by atoms with Gasteiger partial charge in [0.2, 0.25) is 15.0 Å². The molecule has 1 aromatic carbocycles. The van der Waals surface area contributed by atoms with Gasteiger partial charge in [0.05, 0.1) is 15.8 Å². The lowest BCUT2D eigenvalue weighted by Gasteiger charge is -2.00. The molecule has 0 saturated carbocycles. The summed E-state index contributed by atoms with van der Waals surface area (Å²) >= 11 is 12.6. The Bertz CT molecular complexity index is 1290. The van der Waals surface area contributed by atoms with E-state index in [1.54, 1.807) is 36.4 Å². The number of nitriles is 1. The minimum absolute atomic E-state index is 0.0379. The SMILES string of the molecule is CCS(=O)(=O)c1nsc(NC(=O)/C(C#N)=C\c2ccc(-c3ccc(Cl)c(Cl)c3)o2)n1. The number of nitrogens with zero attached hydrogens (tertiary/aromatic N) is 3. The van der Waals surface area contributed by atoms with Crippen molar-refractivity contribution < 1.29 is 17.6 Å². The molecule has 1 amide bonds. The predicted molar refractivity (Wildman–Crippen MR) is 114 cm³/mol. The summed E-state index contributed by atoms with van der Waals surface area (Å²) in [4.78, 5) is 16.1. The van der Waals surface area contributed by atoms with E-state index in [0.717, 1.165) is 0 Å². The van der Waals surface area contributed by atoms with E-state index in [1.807, 2.05) is 0 Å². The first kappa shape index (κ1) is 22.0. The normalized spacial score (nSPS) is 11.9. The Morgan fingerprint density at radius 1 is 1.30 bits per heavy atom. The topological polar surface area (TPSA) is 126 Å². The molecule has 0 radical (unpaired) electrons. The Hall–Kier alpha value is -2.71. The average Bonchev–Trinajstić information content (AvgIpc) is 3.38. The second-order valence-corrected chi connectivity index (χ2v) is 9.48. The summed E-state index contributed by atoms with van der Waals surface area (Å²) < 4.78 is 32.9. The summed E-state index contributed by atoms with van der Waals surface area (Å²) in [5.41, 5.74) is 0.408. The standard InChI is InChI=1S/C18H12Cl2N4O4S2/c1-2-30(26,27)18-23-17(29-24-18)22-16(25)11(9-21)7-12-4-6-15(28-12)10-3-5-13(19)14(20)8-10/h3-8H,2H2,1H3,(H,22,23,24,25)/b11-7-. The first-order chi connectivity index (χ1) is 14.2. The maximum Gasteiger partial charge on any atom is 0.268 e. The number of carbonyl (C=O) groups is 1. The molecule has 1 N–H and O–H groups in total. The zero-order valence-corrected chi connectivity index (χ0v) is 18.4. The van der Waals surface area contributed by atoms with Gasteiger partial charge in [0.1, 0.15) is 23.2 Å². The van der Waals surface area contributed by atoms with Crippen LogP contribution in [0.4, 0.5) is 5.13 Å². The van der Waals surface area contributed by atoms with Crippen molar-refractivity contribution in [2.24, 2.45) is 0 Å². The van der Waals surface area contributed by atoms with Crippen LogP contribution in [-0.2, 0) is 14.6 Å². The van der Waals surface area contributed by atoms with Crippen LogP contribution in [0.5, 0.6) is 0 Å². The van der Waals surface area contributed by atoms with Gasteiger partial charge in [-0.25, -0.2) is 8.42 Å². The number of sulfone groups is 1. The molecule has 0 saturated heterocycles. The number of hydrogen-bond donors (Lipinski definition) is 1. The molecule has 3 aromatic rings. The fourth-order valence-electron chi connectivity index (χ4n) is 2.21. The zero-order chi connectivity index (χ0) is 21.9. The molecule has 12 heteroatoms. The van der Waals surface area contributed by atoms with Gasteiger partial charge in [-0.2, -0.15) is 14.6 Å². The minimum Gasteiger partial charge on any atom is -0.457 e. The Labute approximate surface area is 185 Å². The van der Waals surface area contributed by atoms with E-state index in [4.69, 9.17) is 27.6 Å². The maximum atomic E-state index is 12.3. The third-order valence-electron chi connectivity index (χ3n) is 3.77. The van der Waals surface area contributed by atoms with E-state index in [-0.39, 0.29) is 27.4 Å². The fraction of sp³-hybridized carbons (Fsp3) is 0.111. The van der Waals surface area contributed by atoms with E-state index in [2.05, 4.69) is 14.7 Å². The molecule has 2 heterocycles. The molecule has 0 fully saturated rings. The lowest BCUT2D eigenvalue weighted by Crippen LogP contribution is -2.13. The number of benzene rings is 1. The van der Waals surface area contributed by atoms with Gasteiger partial charge < -0.3 is 4.42 Å². The van der Waals surface area contributed by atoms with Crippen LogP contribution < -0.4 is 5.32 Å². The van der Waals surface area contributed by atoms with Gasteiger partial charge in [0, 0.05) is 23.2 Å². The van der Waals surface area contributed by atoms with Crippen LogP contribution >= 0.6 is 34.7 Å². The highest BCUT2D eigenvalue weighted by atomic mass is 35.5. The van der Waals surface area contributed by atoms with Crippen LogP contribution in [-0.4, -0.2) is 29.4 Å². The Kier molecular flexibility index (Phi) is 6.58. The highest BCUT2D eigenvalue weighted by Gasteiger charge is 2.20. The van der Waals surface area contributed by atoms with Crippen molar-refractivity contribution in [2.45, 2.75) is 12.1 Å². The third-order valence-corrected chi connectivity index (χ3v) is 6.75. The maximum absolute atomic E-state index is 12.3. The molecule has 0 bridgehead atoms. The summed E-state index contributed by atoms with van der Waals surface area (Å²) in [5, 5.41) is 12.0. The van der Waals surface area contributed by atoms with Gasteiger partial charge in [-0.15, -0.1) is 0 Å². The van der Waals surface area contributed by atoms with Crippen molar-refractivity contribution in [3.05, 3.63) is 51.7 Å². The molecule has 0 aliphatic heterocycles. The number of carbonyl (C=O) groups excluding carboxylic acids is 1. The summed E-state index contributed by atoms with van der Waals surface area (Å²) in [6.45, 7) is 1.46. The summed E-state index contributed by atoms with van der Waals surface area (Å²) in [5.74, 6) is -0.216.